The van der Waals surface area contributed by atoms with Crippen LogP contribution in [0.2, 0.25) is 0 Å². The van der Waals surface area contributed by atoms with Crippen LogP contribution >= 0.6 is 35.7 Å². The van der Waals surface area contributed by atoms with E-state index in [0.717, 1.165) is 11.8 Å². The van der Waals surface area contributed by atoms with Gasteiger partial charge in [-0.2, -0.15) is 11.8 Å². The number of methoxy groups -OCH3 is 2. The highest BCUT2D eigenvalue weighted by atomic mass is 32.2. The van der Waals surface area contributed by atoms with E-state index in [1.807, 2.05) is 0 Å². The summed E-state index contributed by atoms with van der Waals surface area (Å²) in [4.78, 5) is 26.7. The quantitative estimate of drug-likeness (QED) is 0.508. The summed E-state index contributed by atoms with van der Waals surface area (Å²) in [7, 11) is 3.11. The zero-order valence-electron chi connectivity index (χ0n) is 15.3. The van der Waals surface area contributed by atoms with Crippen molar-refractivity contribution in [2.24, 2.45) is 0 Å². The summed E-state index contributed by atoms with van der Waals surface area (Å²) in [5.74, 6) is 1.80. The van der Waals surface area contributed by atoms with Gasteiger partial charge in [0, 0.05) is 17.1 Å². The number of nitrogens with one attached hydrogen (secondary N) is 1. The highest BCUT2D eigenvalue weighted by molar-refractivity contribution is 8.26. The number of rotatable bonds is 6. The molecule has 2 atom stereocenters. The third kappa shape index (κ3) is 4.62. The summed E-state index contributed by atoms with van der Waals surface area (Å²) in [6.07, 6.45) is 1.11. The molecule has 28 heavy (non-hydrogen) atoms. The second-order valence-electron chi connectivity index (χ2n) is 6.15. The lowest BCUT2D eigenvalue weighted by atomic mass is 10.1. The van der Waals surface area contributed by atoms with Crippen molar-refractivity contribution in [2.45, 2.75) is 12.1 Å². The van der Waals surface area contributed by atoms with Crippen molar-refractivity contribution >= 4 is 58.0 Å². The smallest absolute Gasteiger partial charge is 0.266 e. The van der Waals surface area contributed by atoms with Crippen molar-refractivity contribution in [1.29, 1.82) is 0 Å². The molecule has 2 N–H and O–H groups in total. The summed E-state index contributed by atoms with van der Waals surface area (Å²) in [6.45, 7) is -0.175. The molecule has 1 aromatic rings. The summed E-state index contributed by atoms with van der Waals surface area (Å²) in [5.41, 5.74) is 0.679. The van der Waals surface area contributed by atoms with Crippen molar-refractivity contribution in [1.82, 2.24) is 10.2 Å². The third-order valence-electron chi connectivity index (χ3n) is 4.30. The van der Waals surface area contributed by atoms with E-state index >= 15 is 0 Å². The van der Waals surface area contributed by atoms with E-state index in [1.54, 1.807) is 50.3 Å². The van der Waals surface area contributed by atoms with Crippen molar-refractivity contribution in [3.8, 4) is 11.5 Å². The fraction of sp³-hybridized carbons (Fsp3) is 0.389. The maximum Gasteiger partial charge on any atom is 0.266 e. The molecule has 2 unspecified atom stereocenters. The van der Waals surface area contributed by atoms with Gasteiger partial charge in [-0.25, -0.2) is 0 Å². The van der Waals surface area contributed by atoms with Gasteiger partial charge >= 0.3 is 0 Å². The summed E-state index contributed by atoms with van der Waals surface area (Å²) in [6, 6.07) is 4.98. The third-order valence-corrected chi connectivity index (χ3v) is 6.85. The molecule has 1 aromatic carbocycles. The SMILES string of the molecule is COc1ccc(OC)c(C=C2SC(=S)N(CC(=O)NC3CSCC3O)C2=O)c1. The Morgan fingerprint density at radius 1 is 1.39 bits per heavy atom. The van der Waals surface area contributed by atoms with Crippen LogP contribution in [0, 0.1) is 0 Å². The number of nitrogens with zero attached hydrogens (tertiary/aromatic N) is 1. The van der Waals surface area contributed by atoms with Crippen LogP contribution in [0.25, 0.3) is 6.08 Å². The molecule has 2 aliphatic rings. The monoisotopic (exact) mass is 440 g/mol. The predicted molar refractivity (Wildman–Crippen MR) is 115 cm³/mol. The second kappa shape index (κ2) is 9.17. The number of aliphatic hydroxyl groups excluding tert-OH is 1. The Labute approximate surface area is 176 Å². The number of amides is 2. The van der Waals surface area contributed by atoms with Gasteiger partial charge in [0.2, 0.25) is 5.91 Å². The fourth-order valence-electron chi connectivity index (χ4n) is 2.81. The van der Waals surface area contributed by atoms with Gasteiger partial charge < -0.3 is 19.9 Å². The van der Waals surface area contributed by atoms with E-state index < -0.39 is 6.10 Å². The molecule has 7 nitrogen and oxygen atoms in total. The standard InChI is InChI=1S/C18H20N2O5S3/c1-24-11-3-4-14(25-2)10(5-11)6-15-17(23)20(18(26)28-15)7-16(22)19-12-8-27-9-13(12)21/h3-6,12-13,21H,7-9H2,1-2H3,(H,19,22). The van der Waals surface area contributed by atoms with E-state index in [1.165, 1.54) is 4.90 Å². The molecule has 0 bridgehead atoms. The molecule has 2 fully saturated rings. The predicted octanol–water partition coefficient (Wildman–Crippen LogP) is 1.50. The fourth-order valence-corrected chi connectivity index (χ4v) is 5.22. The first-order valence-electron chi connectivity index (χ1n) is 8.45. The van der Waals surface area contributed by atoms with Crippen LogP contribution in [0.15, 0.2) is 23.1 Å². The van der Waals surface area contributed by atoms with E-state index in [9.17, 15) is 14.7 Å². The minimum atomic E-state index is -0.569. The molecule has 2 amide bonds. The number of carbonyl (C=O) groups is 2. The first kappa shape index (κ1) is 21.0. The van der Waals surface area contributed by atoms with Crippen LogP contribution in [-0.4, -0.2) is 70.6 Å². The topological polar surface area (TPSA) is 88.1 Å². The molecule has 2 aliphatic heterocycles. The Morgan fingerprint density at radius 3 is 2.82 bits per heavy atom. The summed E-state index contributed by atoms with van der Waals surface area (Å²) < 4.78 is 10.9. The number of hydrogen-bond donors (Lipinski definition) is 2. The van der Waals surface area contributed by atoms with Gasteiger partial charge in [0.25, 0.3) is 5.91 Å². The molecule has 0 saturated carbocycles. The average molecular weight is 441 g/mol. The van der Waals surface area contributed by atoms with Gasteiger partial charge in [-0.15, -0.1) is 0 Å². The molecular weight excluding hydrogens is 420 g/mol. The number of aliphatic hydroxyl groups is 1. The minimum absolute atomic E-state index is 0.175. The Bertz CT molecular complexity index is 829. The lowest BCUT2D eigenvalue weighted by Gasteiger charge is -2.18. The Hall–Kier alpha value is -1.75. The molecule has 0 radical (unpaired) electrons. The molecule has 0 spiro atoms. The van der Waals surface area contributed by atoms with Gasteiger partial charge in [-0.1, -0.05) is 24.0 Å². The zero-order chi connectivity index (χ0) is 20.3. The van der Waals surface area contributed by atoms with E-state index in [2.05, 4.69) is 5.32 Å². The van der Waals surface area contributed by atoms with E-state index in [4.69, 9.17) is 21.7 Å². The van der Waals surface area contributed by atoms with Gasteiger partial charge in [-0.05, 0) is 24.3 Å². The Balaban J connectivity index is 1.73. The zero-order valence-corrected chi connectivity index (χ0v) is 17.8. The lowest BCUT2D eigenvalue weighted by Crippen LogP contribution is -2.47. The maximum absolute atomic E-state index is 12.8. The number of thioether (sulfide) groups is 2. The van der Waals surface area contributed by atoms with Crippen LogP contribution in [0.3, 0.4) is 0 Å². The summed E-state index contributed by atoms with van der Waals surface area (Å²) in [5, 5.41) is 12.6. The molecule has 3 rings (SSSR count). The second-order valence-corrected chi connectivity index (χ2v) is 8.91. The number of ether oxygens (including phenoxy) is 2. The highest BCUT2D eigenvalue weighted by Crippen LogP contribution is 2.35. The summed E-state index contributed by atoms with van der Waals surface area (Å²) >= 11 is 7.99. The average Bonchev–Trinajstić information content (AvgIpc) is 3.19. The van der Waals surface area contributed by atoms with Crippen LogP contribution in [0.1, 0.15) is 5.56 Å². The Kier molecular flexibility index (Phi) is 6.86. The minimum Gasteiger partial charge on any atom is -0.497 e. The normalized spacial score (nSPS) is 23.4. The van der Waals surface area contributed by atoms with Crippen molar-refractivity contribution in [2.75, 3.05) is 32.3 Å². The van der Waals surface area contributed by atoms with Crippen LogP contribution in [0.4, 0.5) is 0 Å². The molecule has 2 saturated heterocycles. The number of carbonyl (C=O) groups excluding carboxylic acids is 2. The lowest BCUT2D eigenvalue weighted by molar-refractivity contribution is -0.129. The molecule has 150 valence electrons. The highest BCUT2D eigenvalue weighted by Gasteiger charge is 2.35. The van der Waals surface area contributed by atoms with Crippen LogP contribution in [-0.2, 0) is 9.59 Å². The van der Waals surface area contributed by atoms with Gasteiger partial charge in [-0.3, -0.25) is 14.5 Å². The van der Waals surface area contributed by atoms with E-state index in [-0.39, 0.29) is 24.4 Å². The van der Waals surface area contributed by atoms with Crippen molar-refractivity contribution in [3.63, 3.8) is 0 Å². The maximum atomic E-state index is 12.8. The largest absolute Gasteiger partial charge is 0.497 e. The molecule has 0 aliphatic carbocycles. The van der Waals surface area contributed by atoms with Crippen LogP contribution in [0.5, 0.6) is 11.5 Å². The van der Waals surface area contributed by atoms with Gasteiger partial charge in [0.15, 0.2) is 0 Å². The molecule has 0 aromatic heterocycles. The van der Waals surface area contributed by atoms with Crippen molar-refractivity contribution in [3.05, 3.63) is 28.7 Å². The molecule has 2 heterocycles. The number of thiocarbonyl (C=S) groups is 1. The molecular formula is C18H20N2O5S3. The van der Waals surface area contributed by atoms with Crippen molar-refractivity contribution < 1.29 is 24.2 Å². The molecule has 10 heteroatoms. The number of hydrogen-bond acceptors (Lipinski definition) is 8. The first-order chi connectivity index (χ1) is 13.4. The van der Waals surface area contributed by atoms with Gasteiger partial charge in [0.05, 0.1) is 31.3 Å². The van der Waals surface area contributed by atoms with E-state index in [0.29, 0.717) is 37.8 Å². The van der Waals surface area contributed by atoms with Crippen LogP contribution < -0.4 is 14.8 Å². The number of benzene rings is 1. The Morgan fingerprint density at radius 2 is 2.18 bits per heavy atom. The first-order valence-corrected chi connectivity index (χ1v) is 10.8. The van der Waals surface area contributed by atoms with Gasteiger partial charge in [0.1, 0.15) is 22.4 Å².